The molecule has 9 nitrogen and oxygen atoms in total. The largest absolute Gasteiger partial charge is 0.383 e. The molecule has 2 saturated heterocycles. The number of nitrogens with zero attached hydrogens (tertiary/aromatic N) is 6. The highest BCUT2D eigenvalue weighted by Gasteiger charge is 2.28. The molecule has 1 aromatic carbocycles. The molecule has 1 atom stereocenters. The molecular formula is C24H29N7O2. The lowest BCUT2D eigenvalue weighted by atomic mass is 10.0. The Morgan fingerprint density at radius 1 is 1.21 bits per heavy atom. The Hall–Kier alpha value is -3.30. The van der Waals surface area contributed by atoms with Crippen molar-refractivity contribution in [1.29, 1.82) is 0 Å². The molecule has 172 valence electrons. The second-order valence-electron chi connectivity index (χ2n) is 8.58. The molecule has 2 aliphatic heterocycles. The molecule has 2 aliphatic rings. The molecule has 1 amide bonds. The smallest absolute Gasteiger partial charge is 0.246 e. The highest BCUT2D eigenvalue weighted by Crippen LogP contribution is 2.35. The third kappa shape index (κ3) is 4.21. The van der Waals surface area contributed by atoms with Crippen LogP contribution in [0.25, 0.3) is 22.3 Å². The van der Waals surface area contributed by atoms with Gasteiger partial charge in [-0.25, -0.2) is 14.6 Å². The summed E-state index contributed by atoms with van der Waals surface area (Å²) in [5.74, 6) is 0.360. The van der Waals surface area contributed by atoms with Crippen LogP contribution in [-0.2, 0) is 16.1 Å². The molecule has 1 unspecified atom stereocenters. The van der Waals surface area contributed by atoms with Gasteiger partial charge in [0.05, 0.1) is 24.6 Å². The molecular weight excluding hydrogens is 418 g/mol. The Morgan fingerprint density at radius 3 is 2.85 bits per heavy atom. The lowest BCUT2D eigenvalue weighted by Crippen LogP contribution is -2.40. The summed E-state index contributed by atoms with van der Waals surface area (Å²) in [7, 11) is 0. The minimum atomic E-state index is -0.0543. The van der Waals surface area contributed by atoms with Gasteiger partial charge in [-0.1, -0.05) is 30.8 Å². The van der Waals surface area contributed by atoms with Crippen LogP contribution in [0, 0.1) is 0 Å². The van der Waals surface area contributed by atoms with E-state index in [1.807, 2.05) is 15.6 Å². The first-order chi connectivity index (χ1) is 16.2. The number of hydrogen-bond donors (Lipinski definition) is 1. The molecule has 0 spiro atoms. The lowest BCUT2D eigenvalue weighted by Gasteiger charge is -2.32. The van der Waals surface area contributed by atoms with Gasteiger partial charge in [0.25, 0.3) is 0 Å². The number of hydrogen-bond acceptors (Lipinski definition) is 7. The van der Waals surface area contributed by atoms with E-state index in [9.17, 15) is 4.79 Å². The van der Waals surface area contributed by atoms with Gasteiger partial charge in [-0.05, 0) is 24.5 Å². The Kier molecular flexibility index (Phi) is 6.06. The van der Waals surface area contributed by atoms with E-state index in [-0.39, 0.29) is 11.9 Å². The summed E-state index contributed by atoms with van der Waals surface area (Å²) in [5, 5.41) is 5.81. The zero-order valence-corrected chi connectivity index (χ0v) is 18.7. The summed E-state index contributed by atoms with van der Waals surface area (Å²) in [6, 6.07) is 8.31. The van der Waals surface area contributed by atoms with Crippen molar-refractivity contribution in [3.05, 3.63) is 48.8 Å². The summed E-state index contributed by atoms with van der Waals surface area (Å²) in [6.07, 6.45) is 4.66. The molecule has 0 radical (unpaired) electrons. The maximum absolute atomic E-state index is 12.2. The number of nitrogens with two attached hydrogens (primary N) is 1. The summed E-state index contributed by atoms with van der Waals surface area (Å²) in [4.78, 5) is 25.3. The van der Waals surface area contributed by atoms with E-state index in [1.54, 1.807) is 0 Å². The molecule has 2 aromatic heterocycles. The zero-order chi connectivity index (χ0) is 22.8. The molecule has 9 heteroatoms. The summed E-state index contributed by atoms with van der Waals surface area (Å²) in [6.45, 7) is 9.06. The molecule has 2 N–H and O–H groups in total. The van der Waals surface area contributed by atoms with E-state index < -0.39 is 0 Å². The van der Waals surface area contributed by atoms with E-state index in [4.69, 9.17) is 15.6 Å². The minimum absolute atomic E-state index is 0.0135. The molecule has 4 heterocycles. The molecule has 0 bridgehead atoms. The van der Waals surface area contributed by atoms with Crippen LogP contribution in [0.4, 0.5) is 5.82 Å². The van der Waals surface area contributed by atoms with E-state index in [2.05, 4.69) is 39.6 Å². The number of ether oxygens (including phenoxy) is 1. The second kappa shape index (κ2) is 9.29. The normalized spacial score (nSPS) is 19.6. The third-order valence-electron chi connectivity index (χ3n) is 6.52. The van der Waals surface area contributed by atoms with Gasteiger partial charge < -0.3 is 15.4 Å². The monoisotopic (exact) mass is 447 g/mol. The van der Waals surface area contributed by atoms with Crippen molar-refractivity contribution in [2.24, 2.45) is 0 Å². The number of carbonyl (C=O) groups excluding carboxylic acids is 1. The number of amides is 1. The van der Waals surface area contributed by atoms with E-state index in [0.29, 0.717) is 18.0 Å². The average Bonchev–Trinajstić information content (AvgIpc) is 3.25. The zero-order valence-electron chi connectivity index (χ0n) is 18.7. The number of likely N-dealkylation sites (tertiary alicyclic amines) is 1. The highest BCUT2D eigenvalue weighted by molar-refractivity contribution is 5.99. The average molecular weight is 448 g/mol. The van der Waals surface area contributed by atoms with Crippen LogP contribution in [-0.4, -0.2) is 74.8 Å². The van der Waals surface area contributed by atoms with Gasteiger partial charge in [-0.3, -0.25) is 9.69 Å². The van der Waals surface area contributed by atoms with Crippen LogP contribution in [0.3, 0.4) is 0 Å². The highest BCUT2D eigenvalue weighted by atomic mass is 16.5. The van der Waals surface area contributed by atoms with Crippen LogP contribution in [0.5, 0.6) is 0 Å². The number of benzene rings is 1. The second-order valence-corrected chi connectivity index (χ2v) is 8.58. The molecule has 0 saturated carbocycles. The first-order valence-corrected chi connectivity index (χ1v) is 11.4. The SMILES string of the molecule is C=CC(=O)N1CCCC(n2nc(-c3ccccc3CN3CCOCC3)c3c(N)ncnc32)C1. The number of anilines is 1. The predicted octanol–water partition coefficient (Wildman–Crippen LogP) is 2.26. The van der Waals surface area contributed by atoms with Crippen LogP contribution in [0.15, 0.2) is 43.2 Å². The third-order valence-corrected chi connectivity index (χ3v) is 6.52. The Balaban J connectivity index is 1.57. The maximum atomic E-state index is 12.2. The lowest BCUT2D eigenvalue weighted by molar-refractivity contribution is -0.127. The van der Waals surface area contributed by atoms with Crippen molar-refractivity contribution in [2.45, 2.75) is 25.4 Å². The van der Waals surface area contributed by atoms with Crippen LogP contribution >= 0.6 is 0 Å². The van der Waals surface area contributed by atoms with Gasteiger partial charge in [0, 0.05) is 38.3 Å². The fourth-order valence-electron chi connectivity index (χ4n) is 4.81. The minimum Gasteiger partial charge on any atom is -0.383 e. The van der Waals surface area contributed by atoms with Gasteiger partial charge in [-0.15, -0.1) is 0 Å². The Labute approximate surface area is 192 Å². The number of carbonyl (C=O) groups is 1. The number of morpholine rings is 1. The standard InChI is InChI=1S/C24H29N7O2/c1-2-20(32)30-9-5-7-18(15-30)31-24-21(23(25)26-16-27-24)22(28-31)19-8-4-3-6-17(19)14-29-10-12-33-13-11-29/h2-4,6,8,16,18H,1,5,7,9-15H2,(H2,25,26,27). The van der Waals surface area contributed by atoms with Crippen molar-refractivity contribution in [3.63, 3.8) is 0 Å². The van der Waals surface area contributed by atoms with Gasteiger partial charge in [-0.2, -0.15) is 5.10 Å². The fourth-order valence-corrected chi connectivity index (χ4v) is 4.81. The van der Waals surface area contributed by atoms with Crippen molar-refractivity contribution in [3.8, 4) is 11.3 Å². The first-order valence-electron chi connectivity index (χ1n) is 11.4. The molecule has 0 aliphatic carbocycles. The number of piperidine rings is 1. The summed E-state index contributed by atoms with van der Waals surface area (Å²) < 4.78 is 7.45. The first kappa shape index (κ1) is 21.5. The molecule has 2 fully saturated rings. The van der Waals surface area contributed by atoms with E-state index >= 15 is 0 Å². The quantitative estimate of drug-likeness (QED) is 0.599. The number of fused-ring (bicyclic) bond motifs is 1. The van der Waals surface area contributed by atoms with Gasteiger partial charge >= 0.3 is 0 Å². The van der Waals surface area contributed by atoms with Gasteiger partial charge in [0.15, 0.2) is 5.65 Å². The van der Waals surface area contributed by atoms with Gasteiger partial charge in [0.2, 0.25) is 5.91 Å². The Morgan fingerprint density at radius 2 is 2.03 bits per heavy atom. The topological polar surface area (TPSA) is 102 Å². The summed E-state index contributed by atoms with van der Waals surface area (Å²) in [5.41, 5.74) is 10.1. The van der Waals surface area contributed by atoms with Crippen LogP contribution in [0.2, 0.25) is 0 Å². The van der Waals surface area contributed by atoms with Gasteiger partial charge in [0.1, 0.15) is 17.8 Å². The number of nitrogen functional groups attached to an aromatic ring is 1. The predicted molar refractivity (Wildman–Crippen MR) is 126 cm³/mol. The van der Waals surface area contributed by atoms with E-state index in [1.165, 1.54) is 18.0 Å². The number of rotatable bonds is 5. The van der Waals surface area contributed by atoms with Crippen molar-refractivity contribution >= 4 is 22.8 Å². The number of aromatic nitrogens is 4. The Bertz CT molecular complexity index is 1170. The van der Waals surface area contributed by atoms with Crippen LogP contribution < -0.4 is 5.73 Å². The van der Waals surface area contributed by atoms with Crippen molar-refractivity contribution in [2.75, 3.05) is 45.1 Å². The maximum Gasteiger partial charge on any atom is 0.246 e. The molecule has 3 aromatic rings. The molecule has 5 rings (SSSR count). The van der Waals surface area contributed by atoms with Crippen molar-refractivity contribution < 1.29 is 9.53 Å². The summed E-state index contributed by atoms with van der Waals surface area (Å²) >= 11 is 0. The van der Waals surface area contributed by atoms with E-state index in [0.717, 1.165) is 68.9 Å². The molecule has 33 heavy (non-hydrogen) atoms. The fraction of sp³-hybridized carbons (Fsp3) is 0.417. The van der Waals surface area contributed by atoms with Crippen LogP contribution in [0.1, 0.15) is 24.4 Å². The van der Waals surface area contributed by atoms with Crippen molar-refractivity contribution in [1.82, 2.24) is 29.5 Å².